The fraction of sp³-hybridized carbons (Fsp3) is 0.500. The number of rotatable bonds is 8. The molecule has 0 aromatic heterocycles. The van der Waals surface area contributed by atoms with E-state index in [0.717, 1.165) is 0 Å². The molecule has 2 radical (unpaired) electrons. The predicted molar refractivity (Wildman–Crippen MR) is 141 cm³/mol. The Morgan fingerprint density at radius 1 is 0.536 bits per heavy atom. The van der Waals surface area contributed by atoms with Gasteiger partial charge < -0.3 is 0 Å². The van der Waals surface area contributed by atoms with Crippen LogP contribution >= 0.6 is 0 Å². The van der Waals surface area contributed by atoms with Crippen molar-refractivity contribution in [1.82, 2.24) is 0 Å². The van der Waals surface area contributed by atoms with Gasteiger partial charge in [0.2, 0.25) is 0 Å². The molecule has 0 fully saturated rings. The molecule has 0 saturated carbocycles. The Kier molecular flexibility index (Phi) is 12.5. The second-order valence-corrected chi connectivity index (χ2v) is 42.5. The van der Waals surface area contributed by atoms with Gasteiger partial charge in [-0.15, -0.1) is 0 Å². The average molecular weight is 621 g/mol. The summed E-state index contributed by atoms with van der Waals surface area (Å²) in [5.74, 6) is 20.2. The van der Waals surface area contributed by atoms with Crippen LogP contribution in [-0.4, -0.2) is 55.2 Å². The molecule has 4 heteroatoms. The summed E-state index contributed by atoms with van der Waals surface area (Å²) in [5, 5.41) is 6.18. The maximum atomic E-state index is 2.55. The molecule has 0 N–H and O–H groups in total. The summed E-state index contributed by atoms with van der Waals surface area (Å²) >= 11 is -4.40. The Bertz CT molecular complexity index is 589. The predicted octanol–water partition coefficient (Wildman–Crippen LogP) is 6.71. The van der Waals surface area contributed by atoms with Gasteiger partial charge in [-0.1, -0.05) is 0 Å². The van der Waals surface area contributed by atoms with Gasteiger partial charge in [-0.2, -0.15) is 0 Å². The first-order valence-corrected chi connectivity index (χ1v) is 35.6. The van der Waals surface area contributed by atoms with Crippen LogP contribution in [0.4, 0.5) is 0 Å². The summed E-state index contributed by atoms with van der Waals surface area (Å²) in [6.45, 7) is 0. The van der Waals surface area contributed by atoms with Crippen molar-refractivity contribution in [2.45, 2.75) is 67.1 Å². The van der Waals surface area contributed by atoms with Crippen molar-refractivity contribution in [2.75, 3.05) is 0 Å². The summed E-state index contributed by atoms with van der Waals surface area (Å²) in [4.78, 5) is 0. The number of hydrogen-bond acceptors (Lipinski definition) is 0. The van der Waals surface area contributed by atoms with E-state index in [0.29, 0.717) is 0 Å². The van der Waals surface area contributed by atoms with Crippen LogP contribution in [0.2, 0.25) is 67.1 Å². The first-order valence-electron chi connectivity index (χ1n) is 10.7. The first-order chi connectivity index (χ1) is 13.0. The van der Waals surface area contributed by atoms with E-state index in [1.165, 1.54) is 10.5 Å². The van der Waals surface area contributed by atoms with Crippen molar-refractivity contribution < 1.29 is 0 Å². The van der Waals surface area contributed by atoms with Crippen LogP contribution in [0.25, 0.3) is 0 Å². The zero-order valence-electron chi connectivity index (χ0n) is 19.6. The molecular formula is C24H42Ge4. The molecule has 0 aliphatic rings. The van der Waals surface area contributed by atoms with Crippen molar-refractivity contribution in [3.63, 3.8) is 0 Å². The SMILES string of the molecule is [CH3][Ge]([CH3])[CH2][CH2][Ge]([CH3])([CH3])[c]1ccccc1.[CH3][Ge]([CH3])[CH2][CH2][Ge]([CH3])([CH3])[c]1ccccc1. The van der Waals surface area contributed by atoms with E-state index < -0.39 is 55.2 Å². The molecule has 0 heterocycles. The molecule has 0 saturated heterocycles. The Morgan fingerprint density at radius 3 is 1.07 bits per heavy atom. The molecule has 0 aliphatic heterocycles. The summed E-state index contributed by atoms with van der Waals surface area (Å²) < 4.78 is 3.35. The van der Waals surface area contributed by atoms with Gasteiger partial charge >= 0.3 is 192 Å². The average Bonchev–Trinajstić information content (AvgIpc) is 2.67. The van der Waals surface area contributed by atoms with Gasteiger partial charge in [-0.05, 0) is 0 Å². The van der Waals surface area contributed by atoms with Crippen LogP contribution in [0, 0.1) is 0 Å². The van der Waals surface area contributed by atoms with Crippen LogP contribution < -0.4 is 8.79 Å². The molecule has 2 aromatic carbocycles. The Balaban J connectivity index is 0.000000280. The third kappa shape index (κ3) is 10.6. The van der Waals surface area contributed by atoms with E-state index in [2.05, 4.69) is 107 Å². The van der Waals surface area contributed by atoms with Gasteiger partial charge in [0.15, 0.2) is 0 Å². The molecule has 0 atom stereocenters. The Morgan fingerprint density at radius 2 is 0.821 bits per heavy atom. The van der Waals surface area contributed by atoms with Gasteiger partial charge in [-0.25, -0.2) is 0 Å². The van der Waals surface area contributed by atoms with Crippen LogP contribution in [0.15, 0.2) is 60.7 Å². The standard InChI is InChI=1S/2C12H21Ge2/c2*1-13(2)10-11-14(3,4)12-8-6-5-7-9-12/h2*5-9H,10-11H2,1-4H3. The van der Waals surface area contributed by atoms with E-state index >= 15 is 0 Å². The van der Waals surface area contributed by atoms with E-state index in [-0.39, 0.29) is 0 Å². The molecule has 0 amide bonds. The van der Waals surface area contributed by atoms with Crippen LogP contribution in [0.5, 0.6) is 0 Å². The number of benzene rings is 2. The van der Waals surface area contributed by atoms with Crippen LogP contribution in [0.3, 0.4) is 0 Å². The topological polar surface area (TPSA) is 0 Å². The second kappa shape index (κ2) is 13.1. The van der Waals surface area contributed by atoms with E-state index in [1.54, 1.807) is 19.3 Å². The number of hydrogen-bond donors (Lipinski definition) is 0. The van der Waals surface area contributed by atoms with E-state index in [1.807, 2.05) is 0 Å². The molecular weight excluding hydrogens is 579 g/mol. The molecule has 0 unspecified atom stereocenters. The van der Waals surface area contributed by atoms with Crippen LogP contribution in [0.1, 0.15) is 0 Å². The van der Waals surface area contributed by atoms with Crippen molar-refractivity contribution in [1.29, 1.82) is 0 Å². The molecule has 28 heavy (non-hydrogen) atoms. The third-order valence-electron chi connectivity index (χ3n) is 5.61. The van der Waals surface area contributed by atoms with Gasteiger partial charge in [0.25, 0.3) is 0 Å². The zero-order valence-corrected chi connectivity index (χ0v) is 28.0. The Hall–Kier alpha value is 0.611. The maximum absolute atomic E-state index is 2.55. The fourth-order valence-corrected chi connectivity index (χ4v) is 38.2. The molecule has 154 valence electrons. The fourth-order valence-electron chi connectivity index (χ4n) is 3.19. The minimum atomic E-state index is -1.61. The van der Waals surface area contributed by atoms with Crippen molar-refractivity contribution in [3.05, 3.63) is 60.7 Å². The van der Waals surface area contributed by atoms with Gasteiger partial charge in [0.05, 0.1) is 0 Å². The normalized spacial score (nSPS) is 12.1. The summed E-state index contributed by atoms with van der Waals surface area (Å²) in [7, 11) is 0. The van der Waals surface area contributed by atoms with Crippen molar-refractivity contribution >= 4 is 64.0 Å². The van der Waals surface area contributed by atoms with Gasteiger partial charge in [-0.3, -0.25) is 0 Å². The summed E-state index contributed by atoms with van der Waals surface area (Å²) in [6.07, 6.45) is 0. The van der Waals surface area contributed by atoms with E-state index in [4.69, 9.17) is 0 Å². The zero-order chi connectivity index (χ0) is 21.2. The summed E-state index contributed by atoms with van der Waals surface area (Å²) in [6, 6.07) is 22.4. The van der Waals surface area contributed by atoms with E-state index in [9.17, 15) is 0 Å². The second-order valence-electron chi connectivity index (χ2n) is 9.91. The molecule has 2 rings (SSSR count). The molecule has 0 spiro atoms. The van der Waals surface area contributed by atoms with Gasteiger partial charge in [0, 0.05) is 0 Å². The Labute approximate surface area is 190 Å². The first kappa shape index (κ1) is 26.6. The molecule has 0 aliphatic carbocycles. The molecule has 0 bridgehead atoms. The minimum absolute atomic E-state index is 0.587. The quantitative estimate of drug-likeness (QED) is 0.288. The van der Waals surface area contributed by atoms with Crippen LogP contribution in [-0.2, 0) is 0 Å². The molecule has 0 nitrogen and oxygen atoms in total. The third-order valence-corrected chi connectivity index (χ3v) is 29.5. The molecule has 2 aromatic rings. The van der Waals surface area contributed by atoms with Gasteiger partial charge in [0.1, 0.15) is 0 Å². The monoisotopic (exact) mass is 626 g/mol. The van der Waals surface area contributed by atoms with Crippen molar-refractivity contribution in [3.8, 4) is 0 Å². The van der Waals surface area contributed by atoms with Crippen molar-refractivity contribution in [2.24, 2.45) is 0 Å². The summed E-state index contributed by atoms with van der Waals surface area (Å²) in [5.41, 5.74) is 0.